The molecule has 1 aliphatic heterocycles. The van der Waals surface area contributed by atoms with Crippen LogP contribution in [-0.2, 0) is 13.0 Å². The second kappa shape index (κ2) is 8.71. The number of hydrogen-bond acceptors (Lipinski definition) is 2. The first kappa shape index (κ1) is 20.2. The monoisotopic (exact) mass is 463 g/mol. The molecule has 30 heavy (non-hydrogen) atoms. The quantitative estimate of drug-likeness (QED) is 0.546. The molecule has 0 saturated carbocycles. The van der Waals surface area contributed by atoms with Crippen LogP contribution in [0.5, 0.6) is 0 Å². The summed E-state index contributed by atoms with van der Waals surface area (Å²) in [5, 5.41) is 5.69. The number of nitrogens with one attached hydrogen (secondary N) is 2. The standard InChI is InChI=1S/C24H22BrN3O2/c1-16-13-19-8-7-17(15-26-24(30)27-21-11-9-20(25)10-12-21)14-22(19)28(16)23(29)18-5-3-2-4-6-18/h2-12,14,16H,13,15H2,1H3,(H2,26,27,30)/t16-/m0/s1. The third kappa shape index (κ3) is 4.39. The van der Waals surface area contributed by atoms with Gasteiger partial charge in [0.2, 0.25) is 0 Å². The molecule has 3 aromatic carbocycles. The van der Waals surface area contributed by atoms with E-state index in [1.807, 2.05) is 77.7 Å². The van der Waals surface area contributed by atoms with Gasteiger partial charge in [0.15, 0.2) is 0 Å². The molecule has 152 valence electrons. The highest BCUT2D eigenvalue weighted by molar-refractivity contribution is 9.10. The number of amides is 3. The van der Waals surface area contributed by atoms with E-state index < -0.39 is 0 Å². The molecule has 0 aliphatic carbocycles. The predicted octanol–water partition coefficient (Wildman–Crippen LogP) is 5.36. The molecule has 0 saturated heterocycles. The molecule has 0 unspecified atom stereocenters. The summed E-state index contributed by atoms with van der Waals surface area (Å²) >= 11 is 3.38. The Balaban J connectivity index is 1.45. The zero-order valence-corrected chi connectivity index (χ0v) is 18.1. The van der Waals surface area contributed by atoms with Gasteiger partial charge in [-0.15, -0.1) is 0 Å². The van der Waals surface area contributed by atoms with E-state index in [0.717, 1.165) is 33.4 Å². The molecular formula is C24H22BrN3O2. The van der Waals surface area contributed by atoms with E-state index >= 15 is 0 Å². The van der Waals surface area contributed by atoms with Crippen molar-refractivity contribution in [1.29, 1.82) is 0 Å². The van der Waals surface area contributed by atoms with Gasteiger partial charge >= 0.3 is 6.03 Å². The van der Waals surface area contributed by atoms with Gasteiger partial charge in [0.1, 0.15) is 0 Å². The predicted molar refractivity (Wildman–Crippen MR) is 123 cm³/mol. The number of fused-ring (bicyclic) bond motifs is 1. The normalized spacial score (nSPS) is 14.9. The van der Waals surface area contributed by atoms with Crippen molar-refractivity contribution in [3.8, 4) is 0 Å². The van der Waals surface area contributed by atoms with Crippen LogP contribution in [0.3, 0.4) is 0 Å². The summed E-state index contributed by atoms with van der Waals surface area (Å²) in [5.41, 5.74) is 4.41. The van der Waals surface area contributed by atoms with Crippen LogP contribution < -0.4 is 15.5 Å². The Morgan fingerprint density at radius 2 is 1.77 bits per heavy atom. The number of carbonyl (C=O) groups is 2. The maximum absolute atomic E-state index is 13.1. The molecule has 3 aromatic rings. The fourth-order valence-electron chi connectivity index (χ4n) is 3.68. The first-order valence-electron chi connectivity index (χ1n) is 9.82. The lowest BCUT2D eigenvalue weighted by molar-refractivity contribution is 0.0981. The Morgan fingerprint density at radius 1 is 1.03 bits per heavy atom. The minimum atomic E-state index is -0.275. The first-order valence-corrected chi connectivity index (χ1v) is 10.6. The summed E-state index contributed by atoms with van der Waals surface area (Å²) < 4.78 is 0.954. The van der Waals surface area contributed by atoms with Crippen molar-refractivity contribution in [1.82, 2.24) is 5.32 Å². The van der Waals surface area contributed by atoms with E-state index in [4.69, 9.17) is 0 Å². The number of carbonyl (C=O) groups excluding carboxylic acids is 2. The van der Waals surface area contributed by atoms with Crippen LogP contribution in [0.25, 0.3) is 0 Å². The van der Waals surface area contributed by atoms with Gasteiger partial charge in [0.05, 0.1) is 0 Å². The maximum atomic E-state index is 13.1. The average molecular weight is 464 g/mol. The number of benzene rings is 3. The molecule has 3 amide bonds. The minimum absolute atomic E-state index is 0.0000550. The number of halogens is 1. The highest BCUT2D eigenvalue weighted by Crippen LogP contribution is 2.34. The Bertz CT molecular complexity index is 1070. The van der Waals surface area contributed by atoms with E-state index in [1.165, 1.54) is 0 Å². The molecule has 6 heteroatoms. The zero-order chi connectivity index (χ0) is 21.1. The number of rotatable bonds is 4. The number of anilines is 2. The summed E-state index contributed by atoms with van der Waals surface area (Å²) in [7, 11) is 0. The Morgan fingerprint density at radius 3 is 2.50 bits per heavy atom. The van der Waals surface area contributed by atoms with Gasteiger partial charge in [-0.2, -0.15) is 0 Å². The molecule has 0 radical (unpaired) electrons. The second-order valence-corrected chi connectivity index (χ2v) is 8.29. The van der Waals surface area contributed by atoms with Crippen LogP contribution >= 0.6 is 15.9 Å². The van der Waals surface area contributed by atoms with Crippen molar-refractivity contribution in [2.45, 2.75) is 25.9 Å². The lowest BCUT2D eigenvalue weighted by Gasteiger charge is -2.23. The lowest BCUT2D eigenvalue weighted by atomic mass is 10.1. The summed E-state index contributed by atoms with van der Waals surface area (Å²) in [5.74, 6) is -0.0000550. The van der Waals surface area contributed by atoms with Gasteiger partial charge < -0.3 is 15.5 Å². The van der Waals surface area contributed by atoms with Gasteiger partial charge in [0.25, 0.3) is 5.91 Å². The van der Waals surface area contributed by atoms with Crippen molar-refractivity contribution >= 4 is 39.2 Å². The molecule has 2 N–H and O–H groups in total. The van der Waals surface area contributed by atoms with Gasteiger partial charge in [-0.3, -0.25) is 4.79 Å². The van der Waals surface area contributed by atoms with E-state index in [0.29, 0.717) is 12.1 Å². The Labute approximate surface area is 184 Å². The summed E-state index contributed by atoms with van der Waals surface area (Å²) in [6.45, 7) is 2.43. The molecule has 5 nitrogen and oxygen atoms in total. The van der Waals surface area contributed by atoms with Crippen molar-refractivity contribution in [3.63, 3.8) is 0 Å². The Kier molecular flexibility index (Phi) is 5.86. The number of nitrogens with zero attached hydrogens (tertiary/aromatic N) is 1. The topological polar surface area (TPSA) is 61.4 Å². The largest absolute Gasteiger partial charge is 0.334 e. The van der Waals surface area contributed by atoms with Crippen molar-refractivity contribution in [2.75, 3.05) is 10.2 Å². The zero-order valence-electron chi connectivity index (χ0n) is 16.6. The van der Waals surface area contributed by atoms with Crippen LogP contribution in [0.2, 0.25) is 0 Å². The number of hydrogen-bond donors (Lipinski definition) is 2. The third-order valence-electron chi connectivity index (χ3n) is 5.16. The van der Waals surface area contributed by atoms with E-state index in [9.17, 15) is 9.59 Å². The summed E-state index contributed by atoms with van der Waals surface area (Å²) in [4.78, 5) is 27.1. The Hall–Kier alpha value is -3.12. The van der Waals surface area contributed by atoms with E-state index in [2.05, 4.69) is 33.5 Å². The fraction of sp³-hybridized carbons (Fsp3) is 0.167. The summed E-state index contributed by atoms with van der Waals surface area (Å²) in [6, 6.07) is 22.6. The molecule has 0 aromatic heterocycles. The second-order valence-electron chi connectivity index (χ2n) is 7.37. The molecule has 4 rings (SSSR count). The van der Waals surface area contributed by atoms with Crippen molar-refractivity contribution < 1.29 is 9.59 Å². The van der Waals surface area contributed by atoms with E-state index in [1.54, 1.807) is 0 Å². The van der Waals surface area contributed by atoms with Crippen LogP contribution in [0.15, 0.2) is 77.3 Å². The minimum Gasteiger partial charge on any atom is -0.334 e. The molecule has 1 aliphatic rings. The first-order chi connectivity index (χ1) is 14.5. The summed E-state index contributed by atoms with van der Waals surface area (Å²) in [6.07, 6.45) is 0.825. The number of urea groups is 1. The maximum Gasteiger partial charge on any atom is 0.319 e. The van der Waals surface area contributed by atoms with Gasteiger partial charge in [-0.1, -0.05) is 46.3 Å². The molecule has 0 bridgehead atoms. The van der Waals surface area contributed by atoms with Gasteiger partial charge in [0, 0.05) is 34.0 Å². The smallest absolute Gasteiger partial charge is 0.319 e. The molecule has 0 fully saturated rings. The van der Waals surface area contributed by atoms with Gasteiger partial charge in [-0.05, 0) is 66.9 Å². The van der Waals surface area contributed by atoms with Crippen LogP contribution in [0, 0.1) is 0 Å². The molecule has 1 heterocycles. The van der Waals surface area contributed by atoms with Crippen LogP contribution in [0.1, 0.15) is 28.4 Å². The van der Waals surface area contributed by atoms with Crippen LogP contribution in [-0.4, -0.2) is 18.0 Å². The average Bonchev–Trinajstić information content (AvgIpc) is 3.09. The highest BCUT2D eigenvalue weighted by Gasteiger charge is 2.31. The third-order valence-corrected chi connectivity index (χ3v) is 5.69. The van der Waals surface area contributed by atoms with Crippen molar-refractivity contribution in [2.24, 2.45) is 0 Å². The SMILES string of the molecule is C[C@H]1Cc2ccc(CNC(=O)Nc3ccc(Br)cc3)cc2N1C(=O)c1ccccc1. The van der Waals surface area contributed by atoms with Gasteiger partial charge in [-0.25, -0.2) is 4.79 Å². The lowest BCUT2D eigenvalue weighted by Crippen LogP contribution is -2.35. The molecule has 1 atom stereocenters. The van der Waals surface area contributed by atoms with Crippen LogP contribution in [0.4, 0.5) is 16.2 Å². The highest BCUT2D eigenvalue weighted by atomic mass is 79.9. The molecule has 0 spiro atoms. The fourth-order valence-corrected chi connectivity index (χ4v) is 3.95. The molecular weight excluding hydrogens is 442 g/mol. The van der Waals surface area contributed by atoms with Crippen molar-refractivity contribution in [3.05, 3.63) is 94.0 Å². The van der Waals surface area contributed by atoms with E-state index in [-0.39, 0.29) is 18.0 Å².